The minimum absolute atomic E-state index is 0.134. The molecule has 0 radical (unpaired) electrons. The van der Waals surface area contributed by atoms with E-state index in [0.29, 0.717) is 37.0 Å². The zero-order chi connectivity index (χ0) is 28.1. The van der Waals surface area contributed by atoms with Crippen LogP contribution in [0, 0.1) is 0 Å². The highest BCUT2D eigenvalue weighted by Gasteiger charge is 2.39. The zero-order valence-corrected chi connectivity index (χ0v) is 23.9. The van der Waals surface area contributed by atoms with Crippen LogP contribution in [0.4, 0.5) is 4.79 Å². The summed E-state index contributed by atoms with van der Waals surface area (Å²) in [7, 11) is 1.58. The van der Waals surface area contributed by atoms with Gasteiger partial charge < -0.3 is 19.7 Å². The van der Waals surface area contributed by atoms with Gasteiger partial charge in [0.2, 0.25) is 5.96 Å². The molecule has 0 atom stereocenters. The van der Waals surface area contributed by atoms with Crippen molar-refractivity contribution in [1.82, 2.24) is 15.5 Å². The van der Waals surface area contributed by atoms with E-state index in [-0.39, 0.29) is 17.4 Å². The Kier molecular flexibility index (Phi) is 11.6. The Morgan fingerprint density at radius 2 is 1.69 bits per heavy atom. The second-order valence-electron chi connectivity index (χ2n) is 10.0. The number of amides is 2. The van der Waals surface area contributed by atoms with E-state index in [1.165, 1.54) is 5.56 Å². The molecule has 39 heavy (non-hydrogen) atoms. The first-order chi connectivity index (χ1) is 19.0. The van der Waals surface area contributed by atoms with Crippen molar-refractivity contribution in [3.8, 4) is 5.75 Å². The molecule has 0 spiro atoms. The first-order valence-corrected chi connectivity index (χ1v) is 14.2. The van der Waals surface area contributed by atoms with Gasteiger partial charge in [-0.3, -0.25) is 15.1 Å². The van der Waals surface area contributed by atoms with Gasteiger partial charge in [0.25, 0.3) is 5.91 Å². The molecule has 0 heterocycles. The van der Waals surface area contributed by atoms with Crippen LogP contribution in [0.3, 0.4) is 0 Å². The van der Waals surface area contributed by atoms with Crippen LogP contribution < -0.4 is 15.4 Å². The van der Waals surface area contributed by atoms with Gasteiger partial charge in [-0.1, -0.05) is 56.3 Å². The molecule has 1 fully saturated rings. The number of methoxy groups -OCH3 is 1. The van der Waals surface area contributed by atoms with Crippen molar-refractivity contribution in [2.45, 2.75) is 70.8 Å². The Hall–Kier alpha value is -3.55. The lowest BCUT2D eigenvalue weighted by molar-refractivity contribution is 0.0926. The molecule has 1 saturated carbocycles. The van der Waals surface area contributed by atoms with Crippen molar-refractivity contribution < 1.29 is 19.1 Å². The van der Waals surface area contributed by atoms with Crippen molar-refractivity contribution >= 4 is 18.0 Å². The fourth-order valence-electron chi connectivity index (χ4n) is 5.38. The Labute approximate surface area is 233 Å². The average molecular weight is 537 g/mol. The molecule has 2 N–H and O–H groups in total. The minimum atomic E-state index is -0.470. The third kappa shape index (κ3) is 7.97. The molecule has 0 aromatic heterocycles. The second-order valence-corrected chi connectivity index (χ2v) is 10.0. The molecule has 0 aliphatic heterocycles. The number of para-hydroxylation sites is 1. The van der Waals surface area contributed by atoms with E-state index in [2.05, 4.69) is 53.6 Å². The Bertz CT molecular complexity index is 1080. The number of alkyl carbamates (subject to hydrolysis) is 1. The maximum Gasteiger partial charge on any atom is 0.413 e. The normalized spacial score (nSPS) is 19.2. The topological polar surface area (TPSA) is 92.3 Å². The zero-order valence-electron chi connectivity index (χ0n) is 23.9. The van der Waals surface area contributed by atoms with Gasteiger partial charge in [0, 0.05) is 31.1 Å². The van der Waals surface area contributed by atoms with E-state index >= 15 is 0 Å². The smallest absolute Gasteiger partial charge is 0.413 e. The van der Waals surface area contributed by atoms with E-state index in [1.807, 2.05) is 18.2 Å². The van der Waals surface area contributed by atoms with Crippen molar-refractivity contribution in [2.24, 2.45) is 4.99 Å². The third-order valence-electron chi connectivity index (χ3n) is 7.39. The molecule has 1 aliphatic carbocycles. The number of carbonyl (C=O) groups is 2. The van der Waals surface area contributed by atoms with Crippen LogP contribution in [0.1, 0.15) is 75.2 Å². The maximum atomic E-state index is 13.2. The number of hydrogen-bond donors (Lipinski definition) is 2. The van der Waals surface area contributed by atoms with Crippen molar-refractivity contribution in [3.63, 3.8) is 0 Å². The molecule has 3 rings (SSSR count). The molecule has 1 aliphatic rings. The first kappa shape index (κ1) is 30.0. The molecule has 8 heteroatoms. The monoisotopic (exact) mass is 536 g/mol. The van der Waals surface area contributed by atoms with Gasteiger partial charge in [0.05, 0.1) is 19.3 Å². The number of carbonyl (C=O) groups excluding carboxylic acids is 2. The van der Waals surface area contributed by atoms with Gasteiger partial charge in [0.1, 0.15) is 5.75 Å². The van der Waals surface area contributed by atoms with Gasteiger partial charge in [-0.05, 0) is 63.1 Å². The van der Waals surface area contributed by atoms with Gasteiger partial charge in [-0.25, -0.2) is 4.79 Å². The van der Waals surface area contributed by atoms with Crippen molar-refractivity contribution in [1.29, 1.82) is 0 Å². The summed E-state index contributed by atoms with van der Waals surface area (Å²) in [6.07, 6.45) is 4.97. The van der Waals surface area contributed by atoms with Crippen LogP contribution in [0.5, 0.6) is 5.75 Å². The lowest BCUT2D eigenvalue weighted by Gasteiger charge is -2.45. The highest BCUT2D eigenvalue weighted by atomic mass is 16.5. The number of aliphatic imine (C=N–C) groups is 1. The van der Waals surface area contributed by atoms with Crippen LogP contribution in [-0.4, -0.2) is 62.3 Å². The Morgan fingerprint density at radius 3 is 2.33 bits per heavy atom. The first-order valence-electron chi connectivity index (χ1n) is 14.2. The van der Waals surface area contributed by atoms with Crippen LogP contribution in [0.25, 0.3) is 0 Å². The largest absolute Gasteiger partial charge is 0.496 e. The number of guanidine groups is 1. The van der Waals surface area contributed by atoms with Gasteiger partial charge in [-0.2, -0.15) is 0 Å². The molecule has 8 nitrogen and oxygen atoms in total. The van der Waals surface area contributed by atoms with E-state index in [1.54, 1.807) is 26.2 Å². The molecule has 0 saturated heterocycles. The standard InChI is InChI=1S/C31H44N4O4/c1-5-21-32-29(34-30(37)39-7-3)35(22-6-2)25-17-19-31(20-18-25,24-13-9-8-10-14-24)23-33-28(36)26-15-11-12-16-27(26)38-4/h8-16,25H,5-7,17-23H2,1-4H3,(H,33,36)(H,32,34,37). The maximum absolute atomic E-state index is 13.2. The quantitative estimate of drug-likeness (QED) is 0.291. The van der Waals surface area contributed by atoms with Crippen LogP contribution in [-0.2, 0) is 10.2 Å². The van der Waals surface area contributed by atoms with Gasteiger partial charge in [0.15, 0.2) is 0 Å². The Morgan fingerprint density at radius 1 is 1.00 bits per heavy atom. The predicted octanol–water partition coefficient (Wildman–Crippen LogP) is 5.53. The predicted molar refractivity (Wildman–Crippen MR) is 155 cm³/mol. The van der Waals surface area contributed by atoms with E-state index in [0.717, 1.165) is 45.1 Å². The van der Waals surface area contributed by atoms with Crippen molar-refractivity contribution in [3.05, 3.63) is 65.7 Å². The highest BCUT2D eigenvalue weighted by Crippen LogP contribution is 2.40. The summed E-state index contributed by atoms with van der Waals surface area (Å²) in [5, 5.41) is 6.12. The summed E-state index contributed by atoms with van der Waals surface area (Å²) in [5.41, 5.74) is 1.57. The van der Waals surface area contributed by atoms with Crippen LogP contribution in [0.2, 0.25) is 0 Å². The SMILES string of the molecule is CCCN=C(NC(=O)OCC)N(CCC)C1CCC(CNC(=O)c2ccccc2OC)(c2ccccc2)CC1. The summed E-state index contributed by atoms with van der Waals surface area (Å²) in [5.74, 6) is 1.03. The number of benzene rings is 2. The fourth-order valence-corrected chi connectivity index (χ4v) is 5.38. The molecule has 0 unspecified atom stereocenters. The highest BCUT2D eigenvalue weighted by molar-refractivity contribution is 5.97. The van der Waals surface area contributed by atoms with E-state index < -0.39 is 6.09 Å². The minimum Gasteiger partial charge on any atom is -0.496 e. The van der Waals surface area contributed by atoms with E-state index in [9.17, 15) is 9.59 Å². The molecular weight excluding hydrogens is 492 g/mol. The molecule has 2 aromatic carbocycles. The molecule has 2 aromatic rings. The number of nitrogens with one attached hydrogen (secondary N) is 2. The summed E-state index contributed by atoms with van der Waals surface area (Å²) in [6.45, 7) is 8.28. The molecule has 0 bridgehead atoms. The lowest BCUT2D eigenvalue weighted by atomic mass is 9.67. The third-order valence-corrected chi connectivity index (χ3v) is 7.39. The van der Waals surface area contributed by atoms with E-state index in [4.69, 9.17) is 14.5 Å². The number of rotatable bonds is 11. The van der Waals surface area contributed by atoms with Crippen LogP contribution in [0.15, 0.2) is 59.6 Å². The molecular formula is C31H44N4O4. The second kappa shape index (κ2) is 15.1. The summed E-state index contributed by atoms with van der Waals surface area (Å²) in [4.78, 5) is 32.5. The van der Waals surface area contributed by atoms with Crippen molar-refractivity contribution in [2.75, 3.05) is 33.4 Å². The molecule has 2 amide bonds. The lowest BCUT2D eigenvalue weighted by Crippen LogP contribution is -2.53. The number of ether oxygens (including phenoxy) is 2. The number of hydrogen-bond acceptors (Lipinski definition) is 5. The van der Waals surface area contributed by atoms with Gasteiger partial charge in [-0.15, -0.1) is 0 Å². The fraction of sp³-hybridized carbons (Fsp3) is 0.516. The summed E-state index contributed by atoms with van der Waals surface area (Å²) in [6, 6.07) is 18.0. The van der Waals surface area contributed by atoms with Gasteiger partial charge >= 0.3 is 6.09 Å². The molecule has 212 valence electrons. The Balaban J connectivity index is 1.80. The summed E-state index contributed by atoms with van der Waals surface area (Å²) >= 11 is 0. The van der Waals surface area contributed by atoms with Crippen LogP contribution >= 0.6 is 0 Å². The number of nitrogens with zero attached hydrogens (tertiary/aromatic N) is 2. The average Bonchev–Trinajstić information content (AvgIpc) is 2.98. The summed E-state index contributed by atoms with van der Waals surface area (Å²) < 4.78 is 10.6.